The maximum Gasteiger partial charge on any atom is 0.215 e. The van der Waals surface area contributed by atoms with Crippen LogP contribution in [0.5, 0.6) is 5.88 Å². The molecule has 0 aliphatic carbocycles. The van der Waals surface area contributed by atoms with Crippen molar-refractivity contribution in [3.63, 3.8) is 0 Å². The van der Waals surface area contributed by atoms with Crippen LogP contribution in [-0.2, 0) is 0 Å². The summed E-state index contributed by atoms with van der Waals surface area (Å²) in [6.07, 6.45) is 4.55. The van der Waals surface area contributed by atoms with Crippen LogP contribution in [0.1, 0.15) is 36.8 Å². The molecule has 2 saturated heterocycles. The number of hydrogen-bond donors (Lipinski definition) is 1. The molecule has 5 nitrogen and oxygen atoms in total. The van der Waals surface area contributed by atoms with Crippen molar-refractivity contribution in [3.8, 4) is 29.3 Å². The highest BCUT2D eigenvalue weighted by Crippen LogP contribution is 2.30. The Morgan fingerprint density at radius 1 is 0.960 bits per heavy atom. The Kier molecular flexibility index (Phi) is 4.09. The molecule has 2 bridgehead atoms. The van der Waals surface area contributed by atoms with Gasteiger partial charge in [0.15, 0.2) is 0 Å². The summed E-state index contributed by atoms with van der Waals surface area (Å²) in [5, 5.41) is 21.8. The number of rotatable bonds is 3. The summed E-state index contributed by atoms with van der Waals surface area (Å²) < 4.78 is 6.13. The molecule has 4 rings (SSSR count). The number of aromatic nitrogens is 1. The van der Waals surface area contributed by atoms with Gasteiger partial charge in [0.25, 0.3) is 0 Å². The van der Waals surface area contributed by atoms with Gasteiger partial charge in [-0.25, -0.2) is 4.98 Å². The first-order valence-electron chi connectivity index (χ1n) is 8.59. The van der Waals surface area contributed by atoms with Gasteiger partial charge in [-0.1, -0.05) is 12.1 Å². The van der Waals surface area contributed by atoms with E-state index < -0.39 is 0 Å². The fourth-order valence-electron chi connectivity index (χ4n) is 3.77. The van der Waals surface area contributed by atoms with Gasteiger partial charge in [0, 0.05) is 23.7 Å². The van der Waals surface area contributed by atoms with Crippen LogP contribution in [0.25, 0.3) is 11.3 Å². The minimum atomic E-state index is 0.147. The van der Waals surface area contributed by atoms with Crippen LogP contribution in [0, 0.1) is 22.7 Å². The molecule has 25 heavy (non-hydrogen) atoms. The quantitative estimate of drug-likeness (QED) is 0.935. The summed E-state index contributed by atoms with van der Waals surface area (Å²) >= 11 is 0. The van der Waals surface area contributed by atoms with Gasteiger partial charge in [0.2, 0.25) is 5.88 Å². The second-order valence-electron chi connectivity index (χ2n) is 6.73. The van der Waals surface area contributed by atoms with Crippen LogP contribution in [0.3, 0.4) is 0 Å². The first-order chi connectivity index (χ1) is 12.2. The van der Waals surface area contributed by atoms with Crippen molar-refractivity contribution >= 4 is 0 Å². The molecule has 5 heteroatoms. The van der Waals surface area contributed by atoms with Crippen molar-refractivity contribution in [3.05, 3.63) is 47.5 Å². The predicted octanol–water partition coefficient (Wildman–Crippen LogP) is 3.15. The Labute approximate surface area is 146 Å². The average Bonchev–Trinajstić information content (AvgIpc) is 2.99. The van der Waals surface area contributed by atoms with Gasteiger partial charge in [0.1, 0.15) is 6.10 Å². The molecule has 124 valence electrons. The Morgan fingerprint density at radius 2 is 1.64 bits per heavy atom. The predicted molar refractivity (Wildman–Crippen MR) is 92.7 cm³/mol. The maximum absolute atomic E-state index is 9.33. The fraction of sp³-hybridized carbons (Fsp3) is 0.350. The topological polar surface area (TPSA) is 81.7 Å². The smallest absolute Gasteiger partial charge is 0.215 e. The number of nitriles is 2. The normalized spacial score (nSPS) is 24.3. The Balaban J connectivity index is 1.60. The summed E-state index contributed by atoms with van der Waals surface area (Å²) in [5.41, 5.74) is 2.69. The van der Waals surface area contributed by atoms with Gasteiger partial charge in [-0.2, -0.15) is 10.5 Å². The first kappa shape index (κ1) is 15.6. The van der Waals surface area contributed by atoms with Crippen LogP contribution >= 0.6 is 0 Å². The third-order valence-corrected chi connectivity index (χ3v) is 4.96. The van der Waals surface area contributed by atoms with Gasteiger partial charge in [0.05, 0.1) is 29.0 Å². The zero-order valence-electron chi connectivity index (χ0n) is 13.8. The van der Waals surface area contributed by atoms with Crippen molar-refractivity contribution in [2.24, 2.45) is 0 Å². The minimum Gasteiger partial charge on any atom is -0.474 e. The third kappa shape index (κ3) is 3.33. The van der Waals surface area contributed by atoms with Crippen molar-refractivity contribution in [1.82, 2.24) is 10.3 Å². The number of hydrogen-bond acceptors (Lipinski definition) is 5. The van der Waals surface area contributed by atoms with Gasteiger partial charge in [-0.15, -0.1) is 0 Å². The summed E-state index contributed by atoms with van der Waals surface area (Å²) in [6, 6.07) is 16.0. The number of nitrogens with zero attached hydrogens (tertiary/aromatic N) is 3. The molecule has 2 atom stereocenters. The molecular weight excluding hydrogens is 312 g/mol. The zero-order chi connectivity index (χ0) is 17.2. The molecule has 1 N–H and O–H groups in total. The number of ether oxygens (including phenoxy) is 1. The highest BCUT2D eigenvalue weighted by Gasteiger charge is 2.34. The summed E-state index contributed by atoms with van der Waals surface area (Å²) in [7, 11) is 0. The van der Waals surface area contributed by atoms with Crippen molar-refractivity contribution in [2.45, 2.75) is 43.9 Å². The lowest BCUT2D eigenvalue weighted by Crippen LogP contribution is -2.42. The second-order valence-corrected chi connectivity index (χ2v) is 6.73. The van der Waals surface area contributed by atoms with E-state index in [1.54, 1.807) is 24.3 Å². The van der Waals surface area contributed by atoms with Gasteiger partial charge in [-0.05, 0) is 43.9 Å². The number of nitrogens with one attached hydrogen (secondary N) is 1. The largest absolute Gasteiger partial charge is 0.474 e. The monoisotopic (exact) mass is 330 g/mol. The van der Waals surface area contributed by atoms with Gasteiger partial charge < -0.3 is 10.1 Å². The lowest BCUT2D eigenvalue weighted by Gasteiger charge is -2.29. The lowest BCUT2D eigenvalue weighted by molar-refractivity contribution is 0.132. The van der Waals surface area contributed by atoms with Crippen LogP contribution < -0.4 is 10.1 Å². The third-order valence-electron chi connectivity index (χ3n) is 4.96. The molecule has 1 aromatic carbocycles. The molecule has 3 heterocycles. The fourth-order valence-corrected chi connectivity index (χ4v) is 3.77. The number of pyridine rings is 1. The van der Waals surface area contributed by atoms with E-state index in [0.29, 0.717) is 34.8 Å². The van der Waals surface area contributed by atoms with Crippen molar-refractivity contribution in [2.75, 3.05) is 0 Å². The summed E-state index contributed by atoms with van der Waals surface area (Å²) in [4.78, 5) is 4.60. The lowest BCUT2D eigenvalue weighted by atomic mass is 10.0. The van der Waals surface area contributed by atoms with E-state index in [4.69, 9.17) is 10.00 Å². The highest BCUT2D eigenvalue weighted by molar-refractivity contribution is 5.62. The minimum absolute atomic E-state index is 0.147. The van der Waals surface area contributed by atoms with E-state index >= 15 is 0 Å². The molecule has 0 saturated carbocycles. The Morgan fingerprint density at radius 3 is 2.28 bits per heavy atom. The molecule has 2 unspecified atom stereocenters. The van der Waals surface area contributed by atoms with Gasteiger partial charge in [-0.3, -0.25) is 0 Å². The van der Waals surface area contributed by atoms with Crippen molar-refractivity contribution in [1.29, 1.82) is 10.5 Å². The van der Waals surface area contributed by atoms with E-state index in [1.807, 2.05) is 12.1 Å². The maximum atomic E-state index is 9.33. The van der Waals surface area contributed by atoms with E-state index in [-0.39, 0.29) is 6.10 Å². The number of fused-ring (bicyclic) bond motifs is 2. The molecular formula is C20H18N4O. The molecule has 0 radical (unpaired) electrons. The SMILES string of the molecule is N#Cc1ccc(-c2cc(C#N)cc(OC3CC4CCC(C3)N4)n2)cc1. The van der Waals surface area contributed by atoms with Crippen LogP contribution in [-0.4, -0.2) is 23.2 Å². The Hall–Kier alpha value is -2.89. The molecule has 2 fully saturated rings. The van der Waals surface area contributed by atoms with Crippen LogP contribution in [0.2, 0.25) is 0 Å². The number of piperidine rings is 1. The number of benzene rings is 1. The van der Waals surface area contributed by atoms with E-state index in [2.05, 4.69) is 22.4 Å². The average molecular weight is 330 g/mol. The van der Waals surface area contributed by atoms with Gasteiger partial charge >= 0.3 is 0 Å². The first-order valence-corrected chi connectivity index (χ1v) is 8.59. The standard InChI is InChI=1S/C20H18N4O/c21-11-13-1-3-15(4-2-13)19-7-14(12-22)8-20(24-19)25-18-9-16-5-6-17(10-18)23-16/h1-4,7-8,16-18,23H,5-6,9-10H2. The molecule has 2 aliphatic heterocycles. The van der Waals surface area contributed by atoms with E-state index in [1.165, 1.54) is 12.8 Å². The summed E-state index contributed by atoms with van der Waals surface area (Å²) in [6.45, 7) is 0. The highest BCUT2D eigenvalue weighted by atomic mass is 16.5. The molecule has 2 aromatic rings. The van der Waals surface area contributed by atoms with E-state index in [9.17, 15) is 5.26 Å². The van der Waals surface area contributed by atoms with Crippen LogP contribution in [0.4, 0.5) is 0 Å². The molecule has 2 aliphatic rings. The van der Waals surface area contributed by atoms with Crippen molar-refractivity contribution < 1.29 is 4.74 Å². The summed E-state index contributed by atoms with van der Waals surface area (Å²) in [5.74, 6) is 0.504. The van der Waals surface area contributed by atoms with E-state index in [0.717, 1.165) is 18.4 Å². The zero-order valence-corrected chi connectivity index (χ0v) is 13.8. The molecule has 0 spiro atoms. The molecule has 0 amide bonds. The Bertz CT molecular complexity index is 851. The second kappa shape index (κ2) is 6.55. The molecule has 1 aromatic heterocycles. The van der Waals surface area contributed by atoms with Crippen LogP contribution in [0.15, 0.2) is 36.4 Å².